The predicted octanol–water partition coefficient (Wildman–Crippen LogP) is 2.40. The number of hydrogen-bond donors (Lipinski definition) is 0. The van der Waals surface area contributed by atoms with Crippen molar-refractivity contribution in [1.82, 2.24) is 14.3 Å². The van der Waals surface area contributed by atoms with Crippen LogP contribution in [0.2, 0.25) is 0 Å². The molecule has 2 heterocycles. The van der Waals surface area contributed by atoms with Gasteiger partial charge in [0.25, 0.3) is 5.91 Å². The summed E-state index contributed by atoms with van der Waals surface area (Å²) in [4.78, 5) is 18.5. The minimum atomic E-state index is -4.50. The Bertz CT molecular complexity index is 735. The van der Waals surface area contributed by atoms with E-state index in [0.29, 0.717) is 32.0 Å². The molecule has 0 atom stereocenters. The summed E-state index contributed by atoms with van der Waals surface area (Å²) < 4.78 is 50.1. The zero-order valence-corrected chi connectivity index (χ0v) is 14.3. The van der Waals surface area contributed by atoms with E-state index in [1.807, 2.05) is 0 Å². The van der Waals surface area contributed by atoms with Crippen LogP contribution in [0.25, 0.3) is 5.65 Å². The van der Waals surface area contributed by atoms with Crippen LogP contribution in [0.4, 0.5) is 13.2 Å². The molecule has 2 aromatic rings. The summed E-state index contributed by atoms with van der Waals surface area (Å²) in [6, 6.07) is 2.20. The number of fused-ring (bicyclic) bond motifs is 1. The molecular weight excluding hydrogens is 339 g/mol. The van der Waals surface area contributed by atoms with Crippen LogP contribution < -0.4 is 0 Å². The van der Waals surface area contributed by atoms with E-state index in [9.17, 15) is 18.0 Å². The average molecular weight is 359 g/mol. The molecule has 0 bridgehead atoms. The second-order valence-electron chi connectivity index (χ2n) is 5.47. The molecule has 138 valence electrons. The van der Waals surface area contributed by atoms with E-state index in [2.05, 4.69) is 4.98 Å². The standard InChI is InChI=1S/C16H20F3N3O3/c1-11-14(15(23)21(6-8-24-2)7-9-25-3)22-10-12(16(17,18)19)4-5-13(22)20-11/h4-5,10H,6-9H2,1-3H3. The number of aromatic nitrogens is 2. The number of alkyl halides is 3. The first-order valence-corrected chi connectivity index (χ1v) is 7.62. The van der Waals surface area contributed by atoms with Crippen LogP contribution in [0.1, 0.15) is 21.7 Å². The van der Waals surface area contributed by atoms with Gasteiger partial charge in [0.05, 0.1) is 24.5 Å². The van der Waals surface area contributed by atoms with Gasteiger partial charge < -0.3 is 14.4 Å². The van der Waals surface area contributed by atoms with Crippen molar-refractivity contribution in [3.05, 3.63) is 35.3 Å². The third-order valence-corrected chi connectivity index (χ3v) is 3.74. The molecular formula is C16H20F3N3O3. The van der Waals surface area contributed by atoms with Gasteiger partial charge in [0.2, 0.25) is 0 Å². The van der Waals surface area contributed by atoms with Gasteiger partial charge in [0, 0.05) is 33.5 Å². The number of imidazole rings is 1. The lowest BCUT2D eigenvalue weighted by molar-refractivity contribution is -0.137. The maximum Gasteiger partial charge on any atom is 0.417 e. The highest BCUT2D eigenvalue weighted by atomic mass is 19.4. The van der Waals surface area contributed by atoms with Crippen LogP contribution in [-0.4, -0.2) is 60.7 Å². The van der Waals surface area contributed by atoms with Gasteiger partial charge in [-0.2, -0.15) is 13.2 Å². The van der Waals surface area contributed by atoms with E-state index in [1.165, 1.54) is 29.6 Å². The van der Waals surface area contributed by atoms with E-state index in [-0.39, 0.29) is 11.3 Å². The van der Waals surface area contributed by atoms with Crippen molar-refractivity contribution in [2.45, 2.75) is 13.1 Å². The van der Waals surface area contributed by atoms with Crippen molar-refractivity contribution in [3.8, 4) is 0 Å². The number of rotatable bonds is 7. The lowest BCUT2D eigenvalue weighted by Crippen LogP contribution is -2.37. The molecule has 1 amide bonds. The third-order valence-electron chi connectivity index (χ3n) is 3.74. The first-order valence-electron chi connectivity index (χ1n) is 7.62. The molecule has 0 saturated carbocycles. The first kappa shape index (κ1) is 19.2. The Morgan fingerprint density at radius 2 is 1.80 bits per heavy atom. The smallest absolute Gasteiger partial charge is 0.383 e. The Hall–Kier alpha value is -2.13. The topological polar surface area (TPSA) is 56.1 Å². The molecule has 0 fully saturated rings. The number of aryl methyl sites for hydroxylation is 1. The summed E-state index contributed by atoms with van der Waals surface area (Å²) in [6.07, 6.45) is -3.61. The van der Waals surface area contributed by atoms with Gasteiger partial charge >= 0.3 is 6.18 Å². The Balaban J connectivity index is 2.45. The second-order valence-corrected chi connectivity index (χ2v) is 5.47. The van der Waals surface area contributed by atoms with Gasteiger partial charge in [0.1, 0.15) is 11.3 Å². The predicted molar refractivity (Wildman–Crippen MR) is 84.6 cm³/mol. The van der Waals surface area contributed by atoms with E-state index in [1.54, 1.807) is 6.92 Å². The van der Waals surface area contributed by atoms with Crippen LogP contribution in [0.3, 0.4) is 0 Å². The van der Waals surface area contributed by atoms with Crippen LogP contribution in [0.5, 0.6) is 0 Å². The number of hydrogen-bond acceptors (Lipinski definition) is 4. The van der Waals surface area contributed by atoms with Gasteiger partial charge in [0.15, 0.2) is 0 Å². The van der Waals surface area contributed by atoms with Crippen LogP contribution in [0, 0.1) is 6.92 Å². The van der Waals surface area contributed by atoms with Crippen LogP contribution in [-0.2, 0) is 15.7 Å². The summed E-state index contributed by atoms with van der Waals surface area (Å²) in [5.41, 5.74) is -0.0865. The van der Waals surface area contributed by atoms with Crippen molar-refractivity contribution in [3.63, 3.8) is 0 Å². The highest BCUT2D eigenvalue weighted by Crippen LogP contribution is 2.30. The van der Waals surface area contributed by atoms with E-state index in [0.717, 1.165) is 12.3 Å². The Labute approximate surface area is 143 Å². The number of amides is 1. The molecule has 0 spiro atoms. The monoisotopic (exact) mass is 359 g/mol. The van der Waals surface area contributed by atoms with Gasteiger partial charge in [-0.25, -0.2) is 4.98 Å². The number of carbonyl (C=O) groups excluding carboxylic acids is 1. The van der Waals surface area contributed by atoms with Crippen LogP contribution >= 0.6 is 0 Å². The summed E-state index contributed by atoms with van der Waals surface area (Å²) in [6.45, 7) is 2.80. The van der Waals surface area contributed by atoms with Crippen molar-refractivity contribution in [2.24, 2.45) is 0 Å². The maximum atomic E-state index is 13.0. The molecule has 25 heavy (non-hydrogen) atoms. The largest absolute Gasteiger partial charge is 0.417 e. The molecule has 6 nitrogen and oxygen atoms in total. The van der Waals surface area contributed by atoms with E-state index >= 15 is 0 Å². The molecule has 0 aliphatic carbocycles. The fraction of sp³-hybridized carbons (Fsp3) is 0.500. The lowest BCUT2D eigenvalue weighted by Gasteiger charge is -2.22. The third kappa shape index (κ3) is 4.29. The summed E-state index contributed by atoms with van der Waals surface area (Å²) in [5.74, 6) is -0.418. The average Bonchev–Trinajstić information content (AvgIpc) is 2.88. The summed E-state index contributed by atoms with van der Waals surface area (Å²) in [7, 11) is 3.02. The summed E-state index contributed by atoms with van der Waals surface area (Å²) in [5, 5.41) is 0. The minimum absolute atomic E-state index is 0.105. The van der Waals surface area contributed by atoms with Crippen molar-refractivity contribution in [1.29, 1.82) is 0 Å². The zero-order valence-electron chi connectivity index (χ0n) is 14.3. The Morgan fingerprint density at radius 1 is 1.20 bits per heavy atom. The molecule has 0 unspecified atom stereocenters. The number of carbonyl (C=O) groups is 1. The molecule has 0 aliphatic rings. The van der Waals surface area contributed by atoms with Gasteiger partial charge in [-0.15, -0.1) is 0 Å². The SMILES string of the molecule is COCCN(CCOC)C(=O)c1c(C)nc2ccc(C(F)(F)F)cn12. The molecule has 0 aliphatic heterocycles. The highest BCUT2D eigenvalue weighted by molar-refractivity contribution is 5.94. The van der Waals surface area contributed by atoms with Crippen molar-refractivity contribution in [2.75, 3.05) is 40.5 Å². The molecule has 2 rings (SSSR count). The fourth-order valence-corrected chi connectivity index (χ4v) is 2.46. The van der Waals surface area contributed by atoms with E-state index < -0.39 is 17.6 Å². The Morgan fingerprint density at radius 3 is 2.32 bits per heavy atom. The molecule has 0 aromatic carbocycles. The molecule has 0 saturated heterocycles. The molecule has 2 aromatic heterocycles. The first-order chi connectivity index (χ1) is 11.8. The number of halogens is 3. The summed E-state index contributed by atoms with van der Waals surface area (Å²) >= 11 is 0. The number of methoxy groups -OCH3 is 2. The minimum Gasteiger partial charge on any atom is -0.383 e. The molecule has 9 heteroatoms. The maximum absolute atomic E-state index is 13.0. The van der Waals surface area contributed by atoms with Crippen molar-refractivity contribution >= 4 is 11.6 Å². The second kappa shape index (κ2) is 7.83. The normalized spacial score (nSPS) is 11.9. The van der Waals surface area contributed by atoms with Crippen molar-refractivity contribution < 1.29 is 27.4 Å². The van der Waals surface area contributed by atoms with Gasteiger partial charge in [-0.1, -0.05) is 0 Å². The lowest BCUT2D eigenvalue weighted by atomic mass is 10.2. The van der Waals surface area contributed by atoms with Crippen LogP contribution in [0.15, 0.2) is 18.3 Å². The van der Waals surface area contributed by atoms with Gasteiger partial charge in [-0.3, -0.25) is 9.20 Å². The molecule has 0 N–H and O–H groups in total. The van der Waals surface area contributed by atoms with Gasteiger partial charge in [-0.05, 0) is 19.1 Å². The Kier molecular flexibility index (Phi) is 6.02. The quantitative estimate of drug-likeness (QED) is 0.762. The van der Waals surface area contributed by atoms with E-state index in [4.69, 9.17) is 9.47 Å². The zero-order chi connectivity index (χ0) is 18.6. The molecule has 0 radical (unpaired) electrons. The fourth-order valence-electron chi connectivity index (χ4n) is 2.46. The highest BCUT2D eigenvalue weighted by Gasteiger charge is 2.32. The number of pyridine rings is 1. The number of ether oxygens (including phenoxy) is 2. The number of nitrogens with zero attached hydrogens (tertiary/aromatic N) is 3.